The molecule has 0 aliphatic carbocycles. The first-order chi connectivity index (χ1) is 8.37. The fourth-order valence-electron chi connectivity index (χ4n) is 1.78. The van der Waals surface area contributed by atoms with Gasteiger partial charge in [0.1, 0.15) is 6.54 Å². The monoisotopic (exact) mass is 280 g/mol. The molecule has 0 aliphatic rings. The van der Waals surface area contributed by atoms with Crippen molar-refractivity contribution in [1.29, 1.82) is 0 Å². The number of hydrogen-bond acceptors (Lipinski definition) is 2. The van der Waals surface area contributed by atoms with E-state index in [0.29, 0.717) is 23.7 Å². The summed E-state index contributed by atoms with van der Waals surface area (Å²) in [5, 5.41) is 0.423. The standard InChI is InChI=1S/C12H16ClF3N2/c1-2-18(8-12(14,15)16)11-7-10(13)4-3-9(11)5-6-17/h3-4,7H,2,5-6,8,17H2,1H3. The summed E-state index contributed by atoms with van der Waals surface area (Å²) in [7, 11) is 0. The lowest BCUT2D eigenvalue weighted by molar-refractivity contribution is -0.119. The van der Waals surface area contributed by atoms with Crippen molar-refractivity contribution >= 4 is 17.3 Å². The lowest BCUT2D eigenvalue weighted by Gasteiger charge is -2.27. The fourth-order valence-corrected chi connectivity index (χ4v) is 1.95. The topological polar surface area (TPSA) is 29.3 Å². The van der Waals surface area contributed by atoms with Gasteiger partial charge in [-0.05, 0) is 37.6 Å². The molecule has 0 atom stereocenters. The average molecular weight is 281 g/mol. The molecule has 1 rings (SSSR count). The van der Waals surface area contributed by atoms with Crippen molar-refractivity contribution in [3.63, 3.8) is 0 Å². The maximum absolute atomic E-state index is 12.5. The highest BCUT2D eigenvalue weighted by Gasteiger charge is 2.31. The Morgan fingerprint density at radius 2 is 2.00 bits per heavy atom. The normalized spacial score (nSPS) is 11.7. The quantitative estimate of drug-likeness (QED) is 0.897. The van der Waals surface area contributed by atoms with E-state index in [1.54, 1.807) is 25.1 Å². The van der Waals surface area contributed by atoms with Crippen LogP contribution in [0, 0.1) is 0 Å². The molecular weight excluding hydrogens is 265 g/mol. The molecule has 18 heavy (non-hydrogen) atoms. The Morgan fingerprint density at radius 3 is 2.50 bits per heavy atom. The summed E-state index contributed by atoms with van der Waals surface area (Å²) in [6.45, 7) is 1.34. The molecule has 0 amide bonds. The second-order valence-corrected chi connectivity index (χ2v) is 4.38. The number of anilines is 1. The van der Waals surface area contributed by atoms with Gasteiger partial charge >= 0.3 is 6.18 Å². The smallest absolute Gasteiger partial charge is 0.363 e. The van der Waals surface area contributed by atoms with Crippen molar-refractivity contribution in [3.05, 3.63) is 28.8 Å². The van der Waals surface area contributed by atoms with Crippen LogP contribution in [0.25, 0.3) is 0 Å². The molecule has 2 nitrogen and oxygen atoms in total. The van der Waals surface area contributed by atoms with E-state index in [2.05, 4.69) is 0 Å². The van der Waals surface area contributed by atoms with Crippen LogP contribution >= 0.6 is 11.6 Å². The SMILES string of the molecule is CCN(CC(F)(F)F)c1cc(Cl)ccc1CCN. The summed E-state index contributed by atoms with van der Waals surface area (Å²) in [6.07, 6.45) is -3.71. The maximum atomic E-state index is 12.5. The van der Waals surface area contributed by atoms with Crippen LogP contribution in [-0.2, 0) is 6.42 Å². The first kappa shape index (κ1) is 15.1. The Labute approximate surface area is 110 Å². The van der Waals surface area contributed by atoms with Crippen molar-refractivity contribution in [3.8, 4) is 0 Å². The van der Waals surface area contributed by atoms with E-state index in [1.807, 2.05) is 0 Å². The molecule has 0 bridgehead atoms. The number of hydrogen-bond donors (Lipinski definition) is 1. The Hall–Kier alpha value is -0.940. The number of benzene rings is 1. The van der Waals surface area contributed by atoms with Crippen molar-refractivity contribution in [2.75, 3.05) is 24.5 Å². The van der Waals surface area contributed by atoms with Crippen molar-refractivity contribution < 1.29 is 13.2 Å². The largest absolute Gasteiger partial charge is 0.405 e. The third kappa shape index (κ3) is 4.38. The number of nitrogens with zero attached hydrogens (tertiary/aromatic N) is 1. The Morgan fingerprint density at radius 1 is 1.33 bits per heavy atom. The van der Waals surface area contributed by atoms with Crippen LogP contribution < -0.4 is 10.6 Å². The van der Waals surface area contributed by atoms with Gasteiger partial charge in [-0.1, -0.05) is 17.7 Å². The molecule has 1 aromatic rings. The van der Waals surface area contributed by atoms with Crippen LogP contribution in [0.5, 0.6) is 0 Å². The molecule has 0 saturated carbocycles. The van der Waals surface area contributed by atoms with Crippen LogP contribution in [-0.4, -0.2) is 25.8 Å². The van der Waals surface area contributed by atoms with Gasteiger partial charge in [0.25, 0.3) is 0 Å². The van der Waals surface area contributed by atoms with Gasteiger partial charge in [-0.3, -0.25) is 0 Å². The molecule has 0 aromatic heterocycles. The summed E-state index contributed by atoms with van der Waals surface area (Å²) in [5.74, 6) is 0. The first-order valence-electron chi connectivity index (χ1n) is 5.67. The molecule has 102 valence electrons. The van der Waals surface area contributed by atoms with Crippen LogP contribution in [0.2, 0.25) is 5.02 Å². The molecule has 0 radical (unpaired) electrons. The molecular formula is C12H16ClF3N2. The summed E-state index contributed by atoms with van der Waals surface area (Å²) < 4.78 is 37.5. The molecule has 2 N–H and O–H groups in total. The summed E-state index contributed by atoms with van der Waals surface area (Å²) in [6, 6.07) is 4.95. The molecule has 0 unspecified atom stereocenters. The number of nitrogens with two attached hydrogens (primary N) is 1. The van der Waals surface area contributed by atoms with Gasteiger partial charge in [0.15, 0.2) is 0 Å². The maximum Gasteiger partial charge on any atom is 0.405 e. The van der Waals surface area contributed by atoms with Gasteiger partial charge in [0.2, 0.25) is 0 Å². The van der Waals surface area contributed by atoms with Gasteiger partial charge in [-0.2, -0.15) is 13.2 Å². The van der Waals surface area contributed by atoms with Crippen LogP contribution in [0.4, 0.5) is 18.9 Å². The highest BCUT2D eigenvalue weighted by Crippen LogP contribution is 2.28. The summed E-state index contributed by atoms with van der Waals surface area (Å²) >= 11 is 5.85. The lowest BCUT2D eigenvalue weighted by atomic mass is 10.1. The zero-order valence-electron chi connectivity index (χ0n) is 10.1. The van der Waals surface area contributed by atoms with Crippen molar-refractivity contribution in [2.24, 2.45) is 5.73 Å². The van der Waals surface area contributed by atoms with Gasteiger partial charge < -0.3 is 10.6 Å². The third-order valence-electron chi connectivity index (χ3n) is 2.55. The van der Waals surface area contributed by atoms with Gasteiger partial charge in [0, 0.05) is 17.3 Å². The van der Waals surface area contributed by atoms with Gasteiger partial charge in [-0.15, -0.1) is 0 Å². The van der Waals surface area contributed by atoms with E-state index in [1.165, 1.54) is 4.90 Å². The highest BCUT2D eigenvalue weighted by molar-refractivity contribution is 6.30. The van der Waals surface area contributed by atoms with Gasteiger partial charge in [-0.25, -0.2) is 0 Å². The molecule has 1 aromatic carbocycles. The van der Waals surface area contributed by atoms with E-state index >= 15 is 0 Å². The molecule has 0 aliphatic heterocycles. The van der Waals surface area contributed by atoms with Crippen molar-refractivity contribution in [1.82, 2.24) is 0 Å². The van der Waals surface area contributed by atoms with Crippen LogP contribution in [0.3, 0.4) is 0 Å². The second kappa shape index (κ2) is 6.29. The number of rotatable bonds is 5. The summed E-state index contributed by atoms with van der Waals surface area (Å²) in [5.41, 5.74) is 6.75. The number of alkyl halides is 3. The molecule has 0 spiro atoms. The minimum Gasteiger partial charge on any atom is -0.363 e. The third-order valence-corrected chi connectivity index (χ3v) is 2.79. The average Bonchev–Trinajstić information content (AvgIpc) is 2.27. The Balaban J connectivity index is 3.06. The molecule has 0 fully saturated rings. The minimum atomic E-state index is -4.24. The lowest BCUT2D eigenvalue weighted by Crippen LogP contribution is -2.34. The fraction of sp³-hybridized carbons (Fsp3) is 0.500. The van der Waals surface area contributed by atoms with Crippen molar-refractivity contribution in [2.45, 2.75) is 19.5 Å². The second-order valence-electron chi connectivity index (χ2n) is 3.94. The Bertz CT molecular complexity index is 393. The van der Waals surface area contributed by atoms with Crippen LogP contribution in [0.1, 0.15) is 12.5 Å². The van der Waals surface area contributed by atoms with E-state index < -0.39 is 12.7 Å². The zero-order chi connectivity index (χ0) is 13.8. The Kier molecular flexibility index (Phi) is 5.28. The minimum absolute atomic E-state index is 0.261. The predicted octanol–water partition coefficient (Wildman–Crippen LogP) is 3.23. The van der Waals surface area contributed by atoms with E-state index in [-0.39, 0.29) is 6.54 Å². The van der Waals surface area contributed by atoms with E-state index in [9.17, 15) is 13.2 Å². The highest BCUT2D eigenvalue weighted by atomic mass is 35.5. The first-order valence-corrected chi connectivity index (χ1v) is 6.05. The zero-order valence-corrected chi connectivity index (χ0v) is 10.9. The van der Waals surface area contributed by atoms with Gasteiger partial charge in [0.05, 0.1) is 0 Å². The molecule has 0 heterocycles. The number of halogens is 4. The summed E-state index contributed by atoms with van der Waals surface area (Å²) in [4.78, 5) is 1.26. The predicted molar refractivity (Wildman–Crippen MR) is 68.2 cm³/mol. The molecule has 0 saturated heterocycles. The van der Waals surface area contributed by atoms with E-state index in [0.717, 1.165) is 5.56 Å². The molecule has 6 heteroatoms. The van der Waals surface area contributed by atoms with Crippen LogP contribution in [0.15, 0.2) is 18.2 Å². The van der Waals surface area contributed by atoms with E-state index in [4.69, 9.17) is 17.3 Å².